The first kappa shape index (κ1) is 20.6. The number of amides is 1. The summed E-state index contributed by atoms with van der Waals surface area (Å²) in [6.07, 6.45) is 1.84. The summed E-state index contributed by atoms with van der Waals surface area (Å²) in [6.45, 7) is 0.437. The van der Waals surface area contributed by atoms with Gasteiger partial charge in [0.1, 0.15) is 6.61 Å². The molecule has 0 radical (unpaired) electrons. The van der Waals surface area contributed by atoms with E-state index in [1.54, 1.807) is 19.4 Å². The minimum atomic E-state index is -0.182. The lowest BCUT2D eigenvalue weighted by Crippen LogP contribution is -2.19. The minimum Gasteiger partial charge on any atom is -0.493 e. The second kappa shape index (κ2) is 10.4. The fraction of sp³-hybridized carbons (Fsp3) is 0.130. The first-order chi connectivity index (χ1) is 14.2. The van der Waals surface area contributed by atoms with Crippen LogP contribution >= 0.6 is 15.9 Å². The van der Waals surface area contributed by atoms with Crippen molar-refractivity contribution >= 4 is 28.1 Å². The molecule has 3 rings (SSSR count). The molecule has 0 aromatic heterocycles. The van der Waals surface area contributed by atoms with Crippen LogP contribution in [0.4, 0.5) is 0 Å². The number of ether oxygens (including phenoxy) is 2. The average Bonchev–Trinajstić information content (AvgIpc) is 2.75. The summed E-state index contributed by atoms with van der Waals surface area (Å²) in [6, 6.07) is 23.1. The summed E-state index contributed by atoms with van der Waals surface area (Å²) >= 11 is 3.52. The van der Waals surface area contributed by atoms with E-state index in [2.05, 4.69) is 26.5 Å². The van der Waals surface area contributed by atoms with E-state index >= 15 is 0 Å². The van der Waals surface area contributed by atoms with Crippen molar-refractivity contribution in [2.24, 2.45) is 5.10 Å². The van der Waals surface area contributed by atoms with Crippen molar-refractivity contribution < 1.29 is 14.3 Å². The lowest BCUT2D eigenvalue weighted by atomic mass is 10.1. The number of hydrazone groups is 1. The van der Waals surface area contributed by atoms with Crippen molar-refractivity contribution in [3.05, 3.63) is 94.0 Å². The number of nitrogens with zero attached hydrogens (tertiary/aromatic N) is 1. The first-order valence-electron chi connectivity index (χ1n) is 9.06. The van der Waals surface area contributed by atoms with Crippen LogP contribution in [0.2, 0.25) is 0 Å². The Morgan fingerprint density at radius 3 is 2.31 bits per heavy atom. The second-order valence-corrected chi connectivity index (χ2v) is 7.11. The molecular formula is C23H21BrN2O3. The zero-order chi connectivity index (χ0) is 20.5. The number of nitrogens with one attached hydrogen (secondary N) is 1. The Hall–Kier alpha value is -3.12. The number of rotatable bonds is 8. The van der Waals surface area contributed by atoms with Gasteiger partial charge in [-0.3, -0.25) is 4.79 Å². The first-order valence-corrected chi connectivity index (χ1v) is 9.85. The quantitative estimate of drug-likeness (QED) is 0.396. The smallest absolute Gasteiger partial charge is 0.244 e. The Labute approximate surface area is 178 Å². The summed E-state index contributed by atoms with van der Waals surface area (Å²) in [5, 5.41) is 4.05. The SMILES string of the molecule is COc1cc(/C=N/NC(=O)Cc2ccccc2)c(Br)cc1OCc1ccccc1. The fourth-order valence-corrected chi connectivity index (χ4v) is 3.08. The van der Waals surface area contributed by atoms with Crippen LogP contribution in [0.25, 0.3) is 0 Å². The second-order valence-electron chi connectivity index (χ2n) is 6.25. The maximum absolute atomic E-state index is 12.0. The highest BCUT2D eigenvalue weighted by Crippen LogP contribution is 2.33. The highest BCUT2D eigenvalue weighted by atomic mass is 79.9. The Bertz CT molecular complexity index is 976. The monoisotopic (exact) mass is 452 g/mol. The summed E-state index contributed by atoms with van der Waals surface area (Å²) in [7, 11) is 1.58. The number of carbonyl (C=O) groups excluding carboxylic acids is 1. The van der Waals surface area contributed by atoms with Gasteiger partial charge >= 0.3 is 0 Å². The lowest BCUT2D eigenvalue weighted by Gasteiger charge is -2.12. The summed E-state index contributed by atoms with van der Waals surface area (Å²) in [4.78, 5) is 12.0. The molecule has 0 aliphatic heterocycles. The molecule has 0 fully saturated rings. The third-order valence-electron chi connectivity index (χ3n) is 4.12. The largest absolute Gasteiger partial charge is 0.493 e. The maximum atomic E-state index is 12.0. The van der Waals surface area contributed by atoms with Crippen LogP contribution in [-0.2, 0) is 17.8 Å². The van der Waals surface area contributed by atoms with E-state index in [0.717, 1.165) is 21.2 Å². The van der Waals surface area contributed by atoms with Gasteiger partial charge in [0.25, 0.3) is 0 Å². The molecule has 1 amide bonds. The van der Waals surface area contributed by atoms with E-state index in [9.17, 15) is 4.79 Å². The van der Waals surface area contributed by atoms with Gasteiger partial charge in [-0.25, -0.2) is 5.43 Å². The topological polar surface area (TPSA) is 59.9 Å². The van der Waals surface area contributed by atoms with Crippen molar-refractivity contribution in [2.75, 3.05) is 7.11 Å². The van der Waals surface area contributed by atoms with E-state index in [1.807, 2.05) is 66.7 Å². The molecule has 29 heavy (non-hydrogen) atoms. The molecule has 1 N–H and O–H groups in total. The molecule has 148 valence electrons. The maximum Gasteiger partial charge on any atom is 0.244 e. The van der Waals surface area contributed by atoms with Gasteiger partial charge in [-0.1, -0.05) is 60.7 Å². The van der Waals surface area contributed by atoms with Gasteiger partial charge < -0.3 is 9.47 Å². The molecule has 0 aliphatic carbocycles. The van der Waals surface area contributed by atoms with Gasteiger partial charge in [-0.15, -0.1) is 0 Å². The molecule has 3 aromatic rings. The molecule has 0 unspecified atom stereocenters. The van der Waals surface area contributed by atoms with Gasteiger partial charge in [0.2, 0.25) is 5.91 Å². The molecule has 0 aliphatic rings. The molecule has 0 heterocycles. The number of hydrogen-bond acceptors (Lipinski definition) is 4. The predicted molar refractivity (Wildman–Crippen MR) is 117 cm³/mol. The standard InChI is InChI=1S/C23H21BrN2O3/c1-28-21-13-19(15-25-26-23(27)12-17-8-4-2-5-9-17)20(24)14-22(21)29-16-18-10-6-3-7-11-18/h2-11,13-15H,12,16H2,1H3,(H,26,27)/b25-15+. The van der Waals surface area contributed by atoms with Gasteiger partial charge in [-0.2, -0.15) is 5.10 Å². The average molecular weight is 453 g/mol. The predicted octanol–water partition coefficient (Wildman–Crippen LogP) is 4.73. The van der Waals surface area contributed by atoms with Crippen molar-refractivity contribution in [2.45, 2.75) is 13.0 Å². The van der Waals surface area contributed by atoms with E-state index in [0.29, 0.717) is 18.1 Å². The van der Waals surface area contributed by atoms with E-state index in [4.69, 9.17) is 9.47 Å². The Morgan fingerprint density at radius 2 is 1.66 bits per heavy atom. The zero-order valence-corrected chi connectivity index (χ0v) is 17.6. The third kappa shape index (κ3) is 6.19. The van der Waals surface area contributed by atoms with Gasteiger partial charge in [-0.05, 0) is 39.2 Å². The molecular weight excluding hydrogens is 432 g/mol. The molecule has 0 saturated carbocycles. The van der Waals surface area contributed by atoms with E-state index in [-0.39, 0.29) is 12.3 Å². The summed E-state index contributed by atoms with van der Waals surface area (Å²) in [5.41, 5.74) is 5.30. The Kier molecular flexibility index (Phi) is 7.41. The van der Waals surface area contributed by atoms with Crippen LogP contribution in [0.15, 0.2) is 82.4 Å². The zero-order valence-electron chi connectivity index (χ0n) is 16.0. The number of hydrogen-bond donors (Lipinski definition) is 1. The summed E-state index contributed by atoms with van der Waals surface area (Å²) < 4.78 is 12.1. The minimum absolute atomic E-state index is 0.182. The number of halogens is 1. The van der Waals surface area contributed by atoms with Crippen LogP contribution in [-0.4, -0.2) is 19.2 Å². The molecule has 0 saturated heterocycles. The van der Waals surface area contributed by atoms with Crippen molar-refractivity contribution in [3.63, 3.8) is 0 Å². The Balaban J connectivity index is 1.63. The molecule has 0 spiro atoms. The van der Waals surface area contributed by atoms with Gasteiger partial charge in [0.15, 0.2) is 11.5 Å². The molecule has 6 heteroatoms. The molecule has 0 bridgehead atoms. The highest BCUT2D eigenvalue weighted by molar-refractivity contribution is 9.10. The fourth-order valence-electron chi connectivity index (χ4n) is 2.65. The Morgan fingerprint density at radius 1 is 1.00 bits per heavy atom. The molecule has 0 atom stereocenters. The summed E-state index contributed by atoms with van der Waals surface area (Å²) in [5.74, 6) is 1.02. The number of carbonyl (C=O) groups is 1. The lowest BCUT2D eigenvalue weighted by molar-refractivity contribution is -0.120. The van der Waals surface area contributed by atoms with Crippen molar-refractivity contribution in [3.8, 4) is 11.5 Å². The molecule has 3 aromatic carbocycles. The van der Waals surface area contributed by atoms with Crippen LogP contribution in [0.3, 0.4) is 0 Å². The normalized spacial score (nSPS) is 10.7. The van der Waals surface area contributed by atoms with Gasteiger partial charge in [0, 0.05) is 10.0 Å². The van der Waals surface area contributed by atoms with E-state index in [1.165, 1.54) is 0 Å². The van der Waals surface area contributed by atoms with Crippen LogP contribution in [0.1, 0.15) is 16.7 Å². The van der Waals surface area contributed by atoms with Crippen LogP contribution in [0, 0.1) is 0 Å². The van der Waals surface area contributed by atoms with Crippen molar-refractivity contribution in [1.82, 2.24) is 5.43 Å². The number of methoxy groups -OCH3 is 1. The van der Waals surface area contributed by atoms with Crippen LogP contribution < -0.4 is 14.9 Å². The van der Waals surface area contributed by atoms with Crippen molar-refractivity contribution in [1.29, 1.82) is 0 Å². The highest BCUT2D eigenvalue weighted by Gasteiger charge is 2.10. The number of benzene rings is 3. The van der Waals surface area contributed by atoms with Gasteiger partial charge in [0.05, 0.1) is 19.7 Å². The third-order valence-corrected chi connectivity index (χ3v) is 4.81. The van der Waals surface area contributed by atoms with E-state index < -0.39 is 0 Å². The van der Waals surface area contributed by atoms with Crippen LogP contribution in [0.5, 0.6) is 11.5 Å². The molecule has 5 nitrogen and oxygen atoms in total.